The summed E-state index contributed by atoms with van der Waals surface area (Å²) < 4.78 is 11.4. The van der Waals surface area contributed by atoms with Gasteiger partial charge in [-0.05, 0) is 57.8 Å². The predicted molar refractivity (Wildman–Crippen MR) is 135 cm³/mol. The van der Waals surface area contributed by atoms with Gasteiger partial charge in [0.1, 0.15) is 17.4 Å². The molecule has 9 nitrogen and oxygen atoms in total. The van der Waals surface area contributed by atoms with Gasteiger partial charge >= 0.3 is 0 Å². The molecule has 0 atom stereocenters. The number of aliphatic imine (C=N–C) groups is 2. The average Bonchev–Trinajstić information content (AvgIpc) is 3.46. The third-order valence-electron chi connectivity index (χ3n) is 6.22. The Bertz CT molecular complexity index is 1210. The van der Waals surface area contributed by atoms with Gasteiger partial charge in [0.2, 0.25) is 5.88 Å². The number of nitrogens with zero attached hydrogens (tertiary/aromatic N) is 5. The molecular weight excluding hydrogens is 430 g/mol. The van der Waals surface area contributed by atoms with Crippen LogP contribution < -0.4 is 10.1 Å². The number of rotatable bonds is 8. The molecule has 1 aliphatic heterocycles. The van der Waals surface area contributed by atoms with Crippen LogP contribution in [0.5, 0.6) is 5.75 Å². The van der Waals surface area contributed by atoms with Gasteiger partial charge in [-0.1, -0.05) is 5.16 Å². The van der Waals surface area contributed by atoms with E-state index < -0.39 is 0 Å². The first-order chi connectivity index (χ1) is 16.6. The molecule has 2 aliphatic rings. The average molecular weight is 462 g/mol. The number of likely N-dealkylation sites (N-methyl/N-ethyl adjacent to an activating group) is 1. The number of benzene rings is 1. The highest BCUT2D eigenvalue weighted by Gasteiger charge is 2.27. The second kappa shape index (κ2) is 9.72. The number of aryl methyl sites for hydroxylation is 1. The van der Waals surface area contributed by atoms with Gasteiger partial charge in [0, 0.05) is 60.8 Å². The van der Waals surface area contributed by atoms with Crippen molar-refractivity contribution >= 4 is 29.3 Å². The molecule has 3 aromatic rings. The van der Waals surface area contributed by atoms with Crippen molar-refractivity contribution < 1.29 is 9.26 Å². The first-order valence-corrected chi connectivity index (χ1v) is 11.7. The zero-order valence-corrected chi connectivity index (χ0v) is 19.8. The Morgan fingerprint density at radius 3 is 2.85 bits per heavy atom. The zero-order valence-electron chi connectivity index (χ0n) is 19.8. The number of aromatic nitrogens is 2. The third kappa shape index (κ3) is 5.31. The summed E-state index contributed by atoms with van der Waals surface area (Å²) in [7, 11) is 2.13. The fourth-order valence-electron chi connectivity index (χ4n) is 4.08. The summed E-state index contributed by atoms with van der Waals surface area (Å²) >= 11 is 0. The van der Waals surface area contributed by atoms with Gasteiger partial charge in [0.25, 0.3) is 0 Å². The summed E-state index contributed by atoms with van der Waals surface area (Å²) in [5.74, 6) is 3.22. The van der Waals surface area contributed by atoms with E-state index in [9.17, 15) is 0 Å². The molecular formula is C25H31N7O2. The molecule has 1 aromatic carbocycles. The molecule has 0 unspecified atom stereocenters. The van der Waals surface area contributed by atoms with E-state index in [1.54, 1.807) is 0 Å². The van der Waals surface area contributed by atoms with E-state index in [1.807, 2.05) is 37.3 Å². The van der Waals surface area contributed by atoms with Gasteiger partial charge in [0.05, 0.1) is 5.69 Å². The maximum absolute atomic E-state index is 5.97. The molecule has 0 bridgehead atoms. The fourth-order valence-corrected chi connectivity index (χ4v) is 4.08. The Morgan fingerprint density at radius 1 is 1.26 bits per heavy atom. The van der Waals surface area contributed by atoms with E-state index >= 15 is 0 Å². The van der Waals surface area contributed by atoms with Crippen LogP contribution in [0, 0.1) is 6.92 Å². The minimum absolute atomic E-state index is 0.200. The SMILES string of the molecule is C=N/C(=C\C(=N/COc1ccc2[nH]c(C)cc2c1)N1CCN(C)CC1)Nc1cc(C2CC2)no1. The van der Waals surface area contributed by atoms with Gasteiger partial charge in [-0.25, -0.2) is 9.98 Å². The molecule has 178 valence electrons. The lowest BCUT2D eigenvalue weighted by molar-refractivity contribution is 0.214. The van der Waals surface area contributed by atoms with Crippen LogP contribution in [0.1, 0.15) is 30.1 Å². The van der Waals surface area contributed by atoms with E-state index in [4.69, 9.17) is 14.3 Å². The van der Waals surface area contributed by atoms with E-state index in [0.29, 0.717) is 17.6 Å². The van der Waals surface area contributed by atoms with Gasteiger partial charge in [0.15, 0.2) is 6.73 Å². The second-order valence-electron chi connectivity index (χ2n) is 8.98. The highest BCUT2D eigenvalue weighted by molar-refractivity contribution is 5.94. The van der Waals surface area contributed by atoms with Crippen molar-refractivity contribution in [2.75, 3.05) is 45.3 Å². The van der Waals surface area contributed by atoms with Crippen LogP contribution in [0.3, 0.4) is 0 Å². The number of anilines is 1. The number of amidine groups is 1. The summed E-state index contributed by atoms with van der Waals surface area (Å²) in [6.45, 7) is 9.65. The molecule has 34 heavy (non-hydrogen) atoms. The fraction of sp³-hybridized carbons (Fsp3) is 0.400. The van der Waals surface area contributed by atoms with Crippen LogP contribution in [0.4, 0.5) is 5.88 Å². The van der Waals surface area contributed by atoms with Crippen molar-refractivity contribution in [3.63, 3.8) is 0 Å². The number of nitrogens with one attached hydrogen (secondary N) is 2. The van der Waals surface area contributed by atoms with Gasteiger partial charge < -0.3 is 29.4 Å². The van der Waals surface area contributed by atoms with Gasteiger partial charge in [-0.3, -0.25) is 0 Å². The Balaban J connectivity index is 1.32. The third-order valence-corrected chi connectivity index (χ3v) is 6.22. The summed E-state index contributed by atoms with van der Waals surface area (Å²) in [6, 6.07) is 10.1. The van der Waals surface area contributed by atoms with Crippen LogP contribution >= 0.6 is 0 Å². The molecule has 1 saturated carbocycles. The smallest absolute Gasteiger partial charge is 0.230 e. The van der Waals surface area contributed by atoms with E-state index in [0.717, 1.165) is 60.1 Å². The number of hydrogen-bond acceptors (Lipinski definition) is 7. The van der Waals surface area contributed by atoms with E-state index in [1.165, 1.54) is 12.8 Å². The van der Waals surface area contributed by atoms with Crippen molar-refractivity contribution in [2.24, 2.45) is 9.98 Å². The molecule has 2 N–H and O–H groups in total. The van der Waals surface area contributed by atoms with Crippen molar-refractivity contribution in [2.45, 2.75) is 25.7 Å². The van der Waals surface area contributed by atoms with Gasteiger partial charge in [-0.2, -0.15) is 0 Å². The largest absolute Gasteiger partial charge is 0.471 e. The number of ether oxygens (including phenoxy) is 1. The van der Waals surface area contributed by atoms with E-state index in [2.05, 4.69) is 50.1 Å². The monoisotopic (exact) mass is 461 g/mol. The molecule has 9 heteroatoms. The Hall–Kier alpha value is -3.59. The number of fused-ring (bicyclic) bond motifs is 1. The molecule has 0 spiro atoms. The number of hydrogen-bond donors (Lipinski definition) is 2. The summed E-state index contributed by atoms with van der Waals surface area (Å²) in [5.41, 5.74) is 3.21. The van der Waals surface area contributed by atoms with Crippen molar-refractivity contribution in [1.82, 2.24) is 19.9 Å². The Morgan fingerprint density at radius 2 is 2.09 bits per heavy atom. The zero-order chi connectivity index (χ0) is 23.5. The second-order valence-corrected chi connectivity index (χ2v) is 8.98. The molecule has 5 rings (SSSR count). The first kappa shape index (κ1) is 22.2. The Labute approximate surface area is 199 Å². The number of H-pyrrole nitrogens is 1. The Kier molecular flexibility index (Phi) is 6.35. The number of aromatic amines is 1. The highest BCUT2D eigenvalue weighted by Crippen LogP contribution is 2.40. The van der Waals surface area contributed by atoms with Crippen molar-refractivity contribution in [3.05, 3.63) is 53.6 Å². The quantitative estimate of drug-likeness (QED) is 0.389. The summed E-state index contributed by atoms with van der Waals surface area (Å²) in [5, 5.41) is 8.46. The van der Waals surface area contributed by atoms with Crippen molar-refractivity contribution in [1.29, 1.82) is 0 Å². The molecule has 0 radical (unpaired) electrons. The van der Waals surface area contributed by atoms with Crippen LogP contribution in [0.15, 0.2) is 56.7 Å². The normalized spacial score (nSPS) is 17.9. The molecule has 2 fully saturated rings. The standard InChI is InChI=1S/C25H31N7O2/c1-17-12-19-13-20(6-7-21(19)28-17)33-16-27-24(32-10-8-31(3)9-11-32)15-23(26-2)29-25-14-22(30-34-25)18-4-5-18/h6-7,12-15,18,28-29H,2,4-5,8-11,16H2,1,3H3/b23-15+,27-24+. The molecule has 1 saturated heterocycles. The minimum Gasteiger partial charge on any atom is -0.471 e. The van der Waals surface area contributed by atoms with Crippen molar-refractivity contribution in [3.8, 4) is 5.75 Å². The topological polar surface area (TPSA) is 94.3 Å². The van der Waals surface area contributed by atoms with Crippen LogP contribution in [0.25, 0.3) is 10.9 Å². The molecule has 0 amide bonds. The summed E-state index contributed by atoms with van der Waals surface area (Å²) in [6.07, 6.45) is 4.23. The lowest BCUT2D eigenvalue weighted by Crippen LogP contribution is -2.47. The number of piperazine rings is 1. The molecule has 2 aromatic heterocycles. The predicted octanol–water partition coefficient (Wildman–Crippen LogP) is 3.98. The molecule has 3 heterocycles. The highest BCUT2D eigenvalue weighted by atomic mass is 16.5. The van der Waals surface area contributed by atoms with Gasteiger partial charge in [-0.15, -0.1) is 0 Å². The summed E-state index contributed by atoms with van der Waals surface area (Å²) in [4.78, 5) is 16.8. The lowest BCUT2D eigenvalue weighted by Gasteiger charge is -2.33. The first-order valence-electron chi connectivity index (χ1n) is 11.7. The maximum Gasteiger partial charge on any atom is 0.230 e. The van der Waals surface area contributed by atoms with Crippen LogP contribution in [-0.2, 0) is 0 Å². The molecule has 1 aliphatic carbocycles. The minimum atomic E-state index is 0.200. The van der Waals surface area contributed by atoms with Crippen LogP contribution in [0.2, 0.25) is 0 Å². The van der Waals surface area contributed by atoms with E-state index in [-0.39, 0.29) is 6.73 Å². The van der Waals surface area contributed by atoms with Crippen LogP contribution in [-0.4, -0.2) is 72.5 Å². The maximum atomic E-state index is 5.97. The lowest BCUT2D eigenvalue weighted by atomic mass is 10.2.